The van der Waals surface area contributed by atoms with E-state index in [1.807, 2.05) is 26.0 Å². The number of aromatic nitrogens is 1. The van der Waals surface area contributed by atoms with Crippen LogP contribution < -0.4 is 0 Å². The van der Waals surface area contributed by atoms with Crippen molar-refractivity contribution >= 4 is 6.29 Å². The first-order chi connectivity index (χ1) is 5.85. The van der Waals surface area contributed by atoms with Crippen molar-refractivity contribution in [3.05, 3.63) is 42.2 Å². The lowest BCUT2D eigenvalue weighted by atomic mass is 10.3. The van der Waals surface area contributed by atoms with Crippen molar-refractivity contribution in [2.24, 2.45) is 0 Å². The van der Waals surface area contributed by atoms with Crippen molar-refractivity contribution in [1.82, 2.24) is 4.98 Å². The summed E-state index contributed by atoms with van der Waals surface area (Å²) in [6.45, 7) is 4.00. The van der Waals surface area contributed by atoms with Gasteiger partial charge in [0.15, 0.2) is 6.29 Å². The van der Waals surface area contributed by atoms with Gasteiger partial charge >= 0.3 is 0 Å². The van der Waals surface area contributed by atoms with Gasteiger partial charge in [-0.15, -0.1) is 0 Å². The minimum atomic E-state index is 0.618. The molecule has 0 aliphatic heterocycles. The molecule has 0 unspecified atom stereocenters. The van der Waals surface area contributed by atoms with Gasteiger partial charge in [0.2, 0.25) is 0 Å². The summed E-state index contributed by atoms with van der Waals surface area (Å²) >= 11 is 0. The Morgan fingerprint density at radius 2 is 2.00 bits per heavy atom. The SMILES string of the molecule is C/C=C/C.O=Cc1cccnc1. The van der Waals surface area contributed by atoms with Crippen molar-refractivity contribution < 1.29 is 4.79 Å². The van der Waals surface area contributed by atoms with Crippen LogP contribution in [0.5, 0.6) is 0 Å². The topological polar surface area (TPSA) is 30.0 Å². The standard InChI is InChI=1S/C6H5NO.C4H8/c8-5-6-2-1-3-7-4-6;1-3-4-2/h1-5H;3-4H,1-2H3/b;4-3+. The summed E-state index contributed by atoms with van der Waals surface area (Å²) in [5, 5.41) is 0. The zero-order chi connectivity index (χ0) is 9.23. The number of allylic oxidation sites excluding steroid dienone is 2. The molecule has 0 amide bonds. The van der Waals surface area contributed by atoms with Crippen LogP contribution in [0.3, 0.4) is 0 Å². The van der Waals surface area contributed by atoms with Gasteiger partial charge in [-0.25, -0.2) is 0 Å². The molecule has 1 rings (SSSR count). The Labute approximate surface area is 73.0 Å². The van der Waals surface area contributed by atoms with E-state index in [9.17, 15) is 4.79 Å². The normalized spacial score (nSPS) is 8.83. The fourth-order valence-corrected chi connectivity index (χ4v) is 0.446. The van der Waals surface area contributed by atoms with E-state index in [1.165, 1.54) is 6.20 Å². The zero-order valence-corrected chi connectivity index (χ0v) is 7.40. The van der Waals surface area contributed by atoms with Crippen molar-refractivity contribution in [3.63, 3.8) is 0 Å². The molecular weight excluding hydrogens is 150 g/mol. The second-order valence-electron chi connectivity index (χ2n) is 2.07. The fourth-order valence-electron chi connectivity index (χ4n) is 0.446. The van der Waals surface area contributed by atoms with Gasteiger partial charge in [0.05, 0.1) is 0 Å². The molecule has 2 nitrogen and oxygen atoms in total. The molecule has 0 aliphatic rings. The van der Waals surface area contributed by atoms with Crippen molar-refractivity contribution in [3.8, 4) is 0 Å². The molecule has 0 aromatic carbocycles. The molecule has 0 bridgehead atoms. The summed E-state index contributed by atoms with van der Waals surface area (Å²) in [5.41, 5.74) is 0.618. The van der Waals surface area contributed by atoms with E-state index in [1.54, 1.807) is 18.3 Å². The zero-order valence-electron chi connectivity index (χ0n) is 7.40. The quantitative estimate of drug-likeness (QED) is 0.470. The van der Waals surface area contributed by atoms with Crippen LogP contribution in [0, 0.1) is 0 Å². The van der Waals surface area contributed by atoms with E-state index in [-0.39, 0.29) is 0 Å². The fraction of sp³-hybridized carbons (Fsp3) is 0.200. The van der Waals surface area contributed by atoms with E-state index in [2.05, 4.69) is 4.98 Å². The van der Waals surface area contributed by atoms with E-state index in [4.69, 9.17) is 0 Å². The molecule has 0 fully saturated rings. The van der Waals surface area contributed by atoms with E-state index < -0.39 is 0 Å². The summed E-state index contributed by atoms with van der Waals surface area (Å²) in [6.07, 6.45) is 7.92. The summed E-state index contributed by atoms with van der Waals surface area (Å²) in [7, 11) is 0. The molecule has 64 valence electrons. The monoisotopic (exact) mass is 163 g/mol. The van der Waals surface area contributed by atoms with E-state index >= 15 is 0 Å². The Balaban J connectivity index is 0.000000261. The van der Waals surface area contributed by atoms with E-state index in [0.29, 0.717) is 5.56 Å². The number of hydrogen-bond donors (Lipinski definition) is 0. The van der Waals surface area contributed by atoms with Gasteiger partial charge in [-0.3, -0.25) is 9.78 Å². The van der Waals surface area contributed by atoms with Crippen LogP contribution in [-0.2, 0) is 0 Å². The summed E-state index contributed by atoms with van der Waals surface area (Å²) in [4.78, 5) is 13.7. The lowest BCUT2D eigenvalue weighted by molar-refractivity contribution is 0.112. The van der Waals surface area contributed by atoms with Gasteiger partial charge in [0.25, 0.3) is 0 Å². The van der Waals surface area contributed by atoms with Crippen molar-refractivity contribution in [2.75, 3.05) is 0 Å². The maximum absolute atomic E-state index is 9.97. The Bertz CT molecular complexity index is 225. The number of rotatable bonds is 1. The maximum atomic E-state index is 9.97. The molecule has 0 saturated heterocycles. The number of nitrogens with zero attached hydrogens (tertiary/aromatic N) is 1. The smallest absolute Gasteiger partial charge is 0.151 e. The molecule has 0 atom stereocenters. The highest BCUT2D eigenvalue weighted by atomic mass is 16.1. The van der Waals surface area contributed by atoms with Crippen LogP contribution in [-0.4, -0.2) is 11.3 Å². The Morgan fingerprint density at radius 3 is 2.25 bits per heavy atom. The number of pyridine rings is 1. The molecule has 12 heavy (non-hydrogen) atoms. The molecular formula is C10H13NO. The first-order valence-electron chi connectivity index (χ1n) is 3.77. The minimum Gasteiger partial charge on any atom is -0.298 e. The highest BCUT2D eigenvalue weighted by Crippen LogP contribution is 1.87. The van der Waals surface area contributed by atoms with Crippen LogP contribution in [0.15, 0.2) is 36.7 Å². The van der Waals surface area contributed by atoms with Crippen LogP contribution in [0.2, 0.25) is 0 Å². The lowest BCUT2D eigenvalue weighted by Crippen LogP contribution is -1.77. The van der Waals surface area contributed by atoms with Gasteiger partial charge < -0.3 is 0 Å². The second-order valence-corrected chi connectivity index (χ2v) is 2.07. The van der Waals surface area contributed by atoms with Crippen LogP contribution in [0.4, 0.5) is 0 Å². The van der Waals surface area contributed by atoms with Crippen molar-refractivity contribution in [1.29, 1.82) is 0 Å². The second kappa shape index (κ2) is 7.66. The molecule has 0 radical (unpaired) electrons. The summed E-state index contributed by atoms with van der Waals surface area (Å²) in [6, 6.07) is 3.43. The molecule has 0 saturated carbocycles. The van der Waals surface area contributed by atoms with Crippen molar-refractivity contribution in [2.45, 2.75) is 13.8 Å². The molecule has 2 heteroatoms. The largest absolute Gasteiger partial charge is 0.298 e. The summed E-state index contributed by atoms with van der Waals surface area (Å²) < 4.78 is 0. The molecule has 1 aromatic rings. The number of carbonyl (C=O) groups is 1. The highest BCUT2D eigenvalue weighted by molar-refractivity contribution is 5.73. The molecule has 0 spiro atoms. The predicted molar refractivity (Wildman–Crippen MR) is 50.1 cm³/mol. The minimum absolute atomic E-state index is 0.618. The molecule has 0 aliphatic carbocycles. The maximum Gasteiger partial charge on any atom is 0.151 e. The third-order valence-corrected chi connectivity index (χ3v) is 1.15. The number of aldehydes is 1. The predicted octanol–water partition coefficient (Wildman–Crippen LogP) is 2.48. The first kappa shape index (κ1) is 10.6. The number of carbonyl (C=O) groups excluding carboxylic acids is 1. The van der Waals surface area contributed by atoms with Gasteiger partial charge in [0.1, 0.15) is 0 Å². The van der Waals surface area contributed by atoms with Gasteiger partial charge in [-0.1, -0.05) is 12.2 Å². The molecule has 1 heterocycles. The average molecular weight is 163 g/mol. The number of hydrogen-bond acceptors (Lipinski definition) is 2. The molecule has 1 aromatic heterocycles. The highest BCUT2D eigenvalue weighted by Gasteiger charge is 1.81. The Morgan fingerprint density at radius 1 is 1.33 bits per heavy atom. The molecule has 0 N–H and O–H groups in total. The van der Waals surface area contributed by atoms with Crippen LogP contribution in [0.1, 0.15) is 24.2 Å². The summed E-state index contributed by atoms with van der Waals surface area (Å²) in [5.74, 6) is 0. The van der Waals surface area contributed by atoms with Crippen LogP contribution >= 0.6 is 0 Å². The van der Waals surface area contributed by atoms with Gasteiger partial charge in [-0.05, 0) is 26.0 Å². The Hall–Kier alpha value is -1.44. The Kier molecular flexibility index (Phi) is 6.74. The average Bonchev–Trinajstić information content (AvgIpc) is 2.19. The third kappa shape index (κ3) is 5.35. The third-order valence-electron chi connectivity index (χ3n) is 1.15. The van der Waals surface area contributed by atoms with Gasteiger partial charge in [0, 0.05) is 18.0 Å². The van der Waals surface area contributed by atoms with Gasteiger partial charge in [-0.2, -0.15) is 0 Å². The van der Waals surface area contributed by atoms with E-state index in [0.717, 1.165) is 6.29 Å². The van der Waals surface area contributed by atoms with Crippen LogP contribution in [0.25, 0.3) is 0 Å². The lowest BCUT2D eigenvalue weighted by Gasteiger charge is -1.81. The first-order valence-corrected chi connectivity index (χ1v) is 3.77.